The second kappa shape index (κ2) is 19.8. The van der Waals surface area contributed by atoms with E-state index in [2.05, 4.69) is 16.9 Å². The van der Waals surface area contributed by atoms with E-state index in [4.69, 9.17) is 14.6 Å². The van der Waals surface area contributed by atoms with Crippen LogP contribution in [0.4, 0.5) is 0 Å². The van der Waals surface area contributed by atoms with E-state index < -0.39 is 16.0 Å². The first-order chi connectivity index (χ1) is 20.7. The first kappa shape index (κ1) is 35.9. The van der Waals surface area contributed by atoms with Crippen molar-refractivity contribution in [2.45, 2.75) is 102 Å². The van der Waals surface area contributed by atoms with Crippen molar-refractivity contribution in [3.8, 4) is 11.5 Å². The quantitative estimate of drug-likeness (QED) is 0.0610. The summed E-state index contributed by atoms with van der Waals surface area (Å²) in [5.74, 6) is 0.362. The van der Waals surface area contributed by atoms with Crippen LogP contribution in [0.3, 0.4) is 0 Å². The number of aromatic carboxylic acids is 1. The van der Waals surface area contributed by atoms with E-state index in [0.717, 1.165) is 12.8 Å². The highest BCUT2D eigenvalue weighted by Crippen LogP contribution is 2.28. The van der Waals surface area contributed by atoms with Crippen LogP contribution in [0.15, 0.2) is 52.5 Å². The average Bonchev–Trinajstić information content (AvgIpc) is 3.01. The van der Waals surface area contributed by atoms with Gasteiger partial charge in [0.15, 0.2) is 17.3 Å². The van der Waals surface area contributed by atoms with E-state index in [1.807, 2.05) is 11.9 Å². The van der Waals surface area contributed by atoms with Crippen LogP contribution in [0.5, 0.6) is 11.5 Å². The molecule has 0 amide bonds. The summed E-state index contributed by atoms with van der Waals surface area (Å²) in [5.41, 5.74) is 0.663. The number of nitrogens with one attached hydrogen (secondary N) is 1. The smallest absolute Gasteiger partial charge is 0.335 e. The minimum atomic E-state index is -4.03. The zero-order chi connectivity index (χ0) is 31.5. The molecule has 0 atom stereocenters. The van der Waals surface area contributed by atoms with Crippen molar-refractivity contribution in [3.63, 3.8) is 0 Å². The maximum absolute atomic E-state index is 13.0. The number of carboxylic acid groups (broad SMARTS) is 1. The number of carbonyl (C=O) groups is 1. The summed E-state index contributed by atoms with van der Waals surface area (Å²) < 4.78 is 36.7. The zero-order valence-electron chi connectivity index (χ0n) is 26.4. The third kappa shape index (κ3) is 12.9. The second-order valence-electron chi connectivity index (χ2n) is 10.9. The molecule has 0 aliphatic heterocycles. The Balaban J connectivity index is 1.94. The van der Waals surface area contributed by atoms with Gasteiger partial charge in [0.1, 0.15) is 0 Å². The maximum atomic E-state index is 13.0. The van der Waals surface area contributed by atoms with Crippen LogP contribution in [0.25, 0.3) is 0 Å². The third-order valence-corrected chi connectivity index (χ3v) is 8.76. The molecular formula is C33H51N3O6S. The summed E-state index contributed by atoms with van der Waals surface area (Å²) in [4.78, 5) is 15.3. The molecule has 0 bridgehead atoms. The molecule has 9 nitrogen and oxygen atoms in total. The molecule has 0 unspecified atom stereocenters. The minimum Gasteiger partial charge on any atom is -0.493 e. The van der Waals surface area contributed by atoms with Crippen LogP contribution in [0.2, 0.25) is 0 Å². The number of benzene rings is 2. The van der Waals surface area contributed by atoms with E-state index in [-0.39, 0.29) is 10.5 Å². The lowest BCUT2D eigenvalue weighted by Crippen LogP contribution is -2.32. The number of sulfonamides is 1. The third-order valence-electron chi connectivity index (χ3n) is 7.53. The first-order valence-corrected chi connectivity index (χ1v) is 17.1. The molecular weight excluding hydrogens is 566 g/mol. The van der Waals surface area contributed by atoms with E-state index >= 15 is 0 Å². The van der Waals surface area contributed by atoms with Gasteiger partial charge in [-0.1, -0.05) is 90.4 Å². The molecule has 2 N–H and O–H groups in total. The van der Waals surface area contributed by atoms with Crippen molar-refractivity contribution in [3.05, 3.63) is 53.6 Å². The summed E-state index contributed by atoms with van der Waals surface area (Å²) in [5, 5.41) is 13.4. The van der Waals surface area contributed by atoms with E-state index in [9.17, 15) is 13.2 Å². The Bertz CT molecular complexity index is 1230. The highest BCUT2D eigenvalue weighted by Gasteiger charge is 2.18. The Morgan fingerprint density at radius 1 is 0.767 bits per heavy atom. The van der Waals surface area contributed by atoms with Crippen molar-refractivity contribution in [2.24, 2.45) is 5.10 Å². The Labute approximate surface area is 258 Å². The van der Waals surface area contributed by atoms with Crippen LogP contribution in [0, 0.1) is 0 Å². The molecule has 2 aromatic carbocycles. The topological polar surface area (TPSA) is 118 Å². The van der Waals surface area contributed by atoms with Gasteiger partial charge in [-0.25, -0.2) is 4.79 Å². The predicted octanol–water partition coefficient (Wildman–Crippen LogP) is 7.46. The molecule has 0 saturated carbocycles. The number of ether oxygens (including phenoxy) is 2. The molecule has 0 fully saturated rings. The number of unbranched alkanes of at least 4 members (excludes halogenated alkanes) is 13. The Hall–Kier alpha value is -3.27. The van der Waals surface area contributed by atoms with Crippen LogP contribution < -0.4 is 14.3 Å². The lowest BCUT2D eigenvalue weighted by Gasteiger charge is -2.22. The molecule has 0 aromatic heterocycles. The van der Waals surface area contributed by atoms with Gasteiger partial charge in [-0.3, -0.25) is 0 Å². The zero-order valence-corrected chi connectivity index (χ0v) is 27.3. The van der Waals surface area contributed by atoms with Crippen LogP contribution in [-0.4, -0.2) is 58.0 Å². The van der Waals surface area contributed by atoms with Crippen molar-refractivity contribution < 1.29 is 27.8 Å². The number of hydrogen-bond acceptors (Lipinski definition) is 6. The highest BCUT2D eigenvalue weighted by molar-refractivity contribution is 7.89. The van der Waals surface area contributed by atoms with Gasteiger partial charge in [-0.05, 0) is 48.9 Å². The molecule has 0 spiro atoms. The second-order valence-corrected chi connectivity index (χ2v) is 12.6. The van der Waals surface area contributed by atoms with Gasteiger partial charge in [0.05, 0.1) is 24.7 Å². The van der Waals surface area contributed by atoms with Gasteiger partial charge < -0.3 is 19.5 Å². The summed E-state index contributed by atoms with van der Waals surface area (Å²) in [6.45, 7) is 2.95. The van der Waals surface area contributed by atoms with Gasteiger partial charge in [-0.15, -0.1) is 5.10 Å². The number of nitrogens with zero attached hydrogens (tertiary/aromatic N) is 2. The minimum absolute atomic E-state index is 0.00127. The SMILES string of the molecule is CCCCCCCCCCCCCCCCN(C)/C(=N\NS(=O)(=O)c1ccc(C(=O)O)cc1)c1ccc(OC)c(OC)c1. The normalized spacial score (nSPS) is 11.8. The van der Waals surface area contributed by atoms with Crippen molar-refractivity contribution >= 4 is 21.8 Å². The maximum Gasteiger partial charge on any atom is 0.335 e. The molecule has 2 rings (SSSR count). The fourth-order valence-corrected chi connectivity index (χ4v) is 5.73. The van der Waals surface area contributed by atoms with Crippen molar-refractivity contribution in [2.75, 3.05) is 27.8 Å². The molecule has 0 aliphatic rings. The van der Waals surface area contributed by atoms with Crippen molar-refractivity contribution in [1.82, 2.24) is 9.73 Å². The van der Waals surface area contributed by atoms with Gasteiger partial charge in [0.2, 0.25) is 0 Å². The molecule has 240 valence electrons. The summed E-state index contributed by atoms with van der Waals surface area (Å²) in [6.07, 6.45) is 17.9. The predicted molar refractivity (Wildman–Crippen MR) is 173 cm³/mol. The van der Waals surface area contributed by atoms with Gasteiger partial charge >= 0.3 is 5.97 Å². The standard InChI is InChI=1S/C33H51N3O6S/c1-5-6-7-8-9-10-11-12-13-14-15-16-17-18-25-36(2)32(28-21-24-30(41-3)31(26-28)42-4)34-35-43(39,40)29-22-19-27(20-23-29)33(37)38/h19-24,26,35H,5-18,25H2,1-4H3,(H,37,38)/b34-32-. The number of hydrogen-bond donors (Lipinski definition) is 2. The summed E-state index contributed by atoms with van der Waals surface area (Å²) >= 11 is 0. The molecule has 2 aromatic rings. The molecule has 43 heavy (non-hydrogen) atoms. The Morgan fingerprint density at radius 3 is 1.74 bits per heavy atom. The summed E-state index contributed by atoms with van der Waals surface area (Å²) in [7, 11) is 0.948. The number of rotatable bonds is 22. The van der Waals surface area contributed by atoms with E-state index in [1.54, 1.807) is 32.4 Å². The summed E-state index contributed by atoms with van der Waals surface area (Å²) in [6, 6.07) is 10.3. The molecule has 0 aliphatic carbocycles. The van der Waals surface area contributed by atoms with E-state index in [1.165, 1.54) is 101 Å². The molecule has 0 heterocycles. The Morgan fingerprint density at radius 2 is 1.26 bits per heavy atom. The molecule has 0 saturated heterocycles. The Kier molecular flexibility index (Phi) is 16.6. The largest absolute Gasteiger partial charge is 0.493 e. The number of hydrazone groups is 1. The number of carboxylic acids is 1. The monoisotopic (exact) mass is 617 g/mol. The van der Waals surface area contributed by atoms with Crippen LogP contribution in [-0.2, 0) is 10.0 Å². The van der Waals surface area contributed by atoms with Crippen LogP contribution in [0.1, 0.15) is 113 Å². The number of methoxy groups -OCH3 is 2. The van der Waals surface area contributed by atoms with E-state index in [0.29, 0.717) is 29.4 Å². The lowest BCUT2D eigenvalue weighted by atomic mass is 10.0. The average molecular weight is 618 g/mol. The fourth-order valence-electron chi connectivity index (χ4n) is 4.93. The molecule has 0 radical (unpaired) electrons. The molecule has 10 heteroatoms. The number of amidine groups is 1. The fraction of sp³-hybridized carbons (Fsp3) is 0.576. The van der Waals surface area contributed by atoms with Gasteiger partial charge in [0.25, 0.3) is 10.0 Å². The lowest BCUT2D eigenvalue weighted by molar-refractivity contribution is 0.0696. The van der Waals surface area contributed by atoms with Crippen molar-refractivity contribution in [1.29, 1.82) is 0 Å². The van der Waals surface area contributed by atoms with Gasteiger partial charge in [0, 0.05) is 19.2 Å². The van der Waals surface area contributed by atoms with Crippen LogP contribution >= 0.6 is 0 Å². The van der Waals surface area contributed by atoms with Gasteiger partial charge in [-0.2, -0.15) is 13.2 Å². The highest BCUT2D eigenvalue weighted by atomic mass is 32.2. The first-order valence-electron chi connectivity index (χ1n) is 15.6.